The summed E-state index contributed by atoms with van der Waals surface area (Å²) in [5.74, 6) is 1.47. The third-order valence-corrected chi connectivity index (χ3v) is 3.78. The van der Waals surface area contributed by atoms with Crippen LogP contribution in [0.15, 0.2) is 42.5 Å². The number of rotatable bonds is 8. The number of aryl methyl sites for hydroxylation is 1. The Morgan fingerprint density at radius 2 is 1.68 bits per heavy atom. The van der Waals surface area contributed by atoms with Crippen LogP contribution in [0, 0.1) is 6.92 Å². The predicted octanol–water partition coefficient (Wildman–Crippen LogP) is 4.73. The van der Waals surface area contributed by atoms with Gasteiger partial charge in [0.2, 0.25) is 0 Å². The molecule has 0 radical (unpaired) electrons. The summed E-state index contributed by atoms with van der Waals surface area (Å²) < 4.78 is 11.3. The van der Waals surface area contributed by atoms with Crippen molar-refractivity contribution in [1.82, 2.24) is 0 Å². The van der Waals surface area contributed by atoms with E-state index in [2.05, 4.69) is 5.32 Å². The standard InChI is InChI=1S/C21H25NO3/c1-5-24-20-14-21(25-6-2)17(13-15(20)3)9-12-19(23)16-7-10-18(22-4)11-8-16/h7-14,22H,5-6H2,1-4H3. The van der Waals surface area contributed by atoms with Gasteiger partial charge in [-0.2, -0.15) is 0 Å². The molecule has 0 fully saturated rings. The molecule has 2 aromatic rings. The van der Waals surface area contributed by atoms with Crippen LogP contribution >= 0.6 is 0 Å². The first kappa shape index (κ1) is 18.6. The number of benzene rings is 2. The molecule has 2 aromatic carbocycles. The Hall–Kier alpha value is -2.75. The second-order valence-electron chi connectivity index (χ2n) is 5.55. The number of carbonyl (C=O) groups is 1. The molecular weight excluding hydrogens is 314 g/mol. The number of carbonyl (C=O) groups excluding carboxylic acids is 1. The maximum absolute atomic E-state index is 12.4. The van der Waals surface area contributed by atoms with Crippen molar-refractivity contribution in [1.29, 1.82) is 0 Å². The lowest BCUT2D eigenvalue weighted by molar-refractivity contribution is 0.104. The van der Waals surface area contributed by atoms with Crippen LogP contribution in [0.25, 0.3) is 6.08 Å². The summed E-state index contributed by atoms with van der Waals surface area (Å²) in [5, 5.41) is 3.04. The summed E-state index contributed by atoms with van der Waals surface area (Å²) in [6.45, 7) is 7.02. The van der Waals surface area contributed by atoms with Gasteiger partial charge < -0.3 is 14.8 Å². The van der Waals surface area contributed by atoms with Crippen molar-refractivity contribution >= 4 is 17.5 Å². The molecule has 4 nitrogen and oxygen atoms in total. The van der Waals surface area contributed by atoms with E-state index in [0.717, 1.165) is 22.6 Å². The van der Waals surface area contributed by atoms with Crippen LogP contribution in [0.1, 0.15) is 35.3 Å². The summed E-state index contributed by atoms with van der Waals surface area (Å²) in [6.07, 6.45) is 3.37. The van der Waals surface area contributed by atoms with Gasteiger partial charge in [0.1, 0.15) is 11.5 Å². The van der Waals surface area contributed by atoms with Gasteiger partial charge >= 0.3 is 0 Å². The summed E-state index contributed by atoms with van der Waals surface area (Å²) in [5.41, 5.74) is 3.50. The Labute approximate surface area is 149 Å². The largest absolute Gasteiger partial charge is 0.493 e. The summed E-state index contributed by atoms with van der Waals surface area (Å²) in [6, 6.07) is 11.2. The van der Waals surface area contributed by atoms with E-state index in [1.165, 1.54) is 0 Å². The normalized spacial score (nSPS) is 10.7. The maximum atomic E-state index is 12.4. The van der Waals surface area contributed by atoms with Crippen molar-refractivity contribution in [2.24, 2.45) is 0 Å². The molecule has 0 unspecified atom stereocenters. The van der Waals surface area contributed by atoms with Gasteiger partial charge in [-0.15, -0.1) is 0 Å². The van der Waals surface area contributed by atoms with Crippen molar-refractivity contribution in [2.75, 3.05) is 25.6 Å². The van der Waals surface area contributed by atoms with E-state index in [1.807, 2.05) is 64.2 Å². The summed E-state index contributed by atoms with van der Waals surface area (Å²) in [4.78, 5) is 12.4. The Bertz CT molecular complexity index is 748. The fraction of sp³-hybridized carbons (Fsp3) is 0.286. The number of allylic oxidation sites excluding steroid dienone is 1. The van der Waals surface area contributed by atoms with E-state index in [1.54, 1.807) is 12.2 Å². The molecule has 4 heteroatoms. The van der Waals surface area contributed by atoms with Crippen molar-refractivity contribution in [2.45, 2.75) is 20.8 Å². The monoisotopic (exact) mass is 339 g/mol. The first-order valence-electron chi connectivity index (χ1n) is 8.49. The highest BCUT2D eigenvalue weighted by Gasteiger charge is 2.09. The highest BCUT2D eigenvalue weighted by atomic mass is 16.5. The Balaban J connectivity index is 2.25. The minimum atomic E-state index is -0.0448. The zero-order valence-electron chi connectivity index (χ0n) is 15.3. The van der Waals surface area contributed by atoms with Crippen molar-refractivity contribution in [3.8, 4) is 11.5 Å². The molecule has 0 amide bonds. The van der Waals surface area contributed by atoms with Crippen LogP contribution in [0.2, 0.25) is 0 Å². The number of hydrogen-bond donors (Lipinski definition) is 1. The van der Waals surface area contributed by atoms with Crippen molar-refractivity contribution in [3.63, 3.8) is 0 Å². The molecule has 2 rings (SSSR count). The summed E-state index contributed by atoms with van der Waals surface area (Å²) in [7, 11) is 1.85. The molecule has 0 saturated carbocycles. The lowest BCUT2D eigenvalue weighted by Gasteiger charge is -2.13. The van der Waals surface area contributed by atoms with Gasteiger partial charge in [-0.05, 0) is 68.8 Å². The van der Waals surface area contributed by atoms with E-state index >= 15 is 0 Å². The van der Waals surface area contributed by atoms with Gasteiger partial charge in [-0.3, -0.25) is 4.79 Å². The third kappa shape index (κ3) is 4.86. The molecule has 0 aliphatic heterocycles. The third-order valence-electron chi connectivity index (χ3n) is 3.78. The van der Waals surface area contributed by atoms with Crippen LogP contribution in [0.4, 0.5) is 5.69 Å². The Kier molecular flexibility index (Phi) is 6.63. The molecule has 132 valence electrons. The Morgan fingerprint density at radius 3 is 2.28 bits per heavy atom. The fourth-order valence-electron chi connectivity index (χ4n) is 2.48. The van der Waals surface area contributed by atoms with Gasteiger partial charge in [-0.25, -0.2) is 0 Å². The van der Waals surface area contributed by atoms with E-state index in [9.17, 15) is 4.79 Å². The second-order valence-corrected chi connectivity index (χ2v) is 5.55. The molecule has 0 atom stereocenters. The van der Waals surface area contributed by atoms with Crippen molar-refractivity contribution < 1.29 is 14.3 Å². The van der Waals surface area contributed by atoms with Gasteiger partial charge in [-0.1, -0.05) is 0 Å². The molecule has 0 aliphatic rings. The van der Waals surface area contributed by atoms with E-state index in [-0.39, 0.29) is 5.78 Å². The van der Waals surface area contributed by atoms with Gasteiger partial charge in [0, 0.05) is 29.9 Å². The molecule has 25 heavy (non-hydrogen) atoms. The number of ether oxygens (including phenoxy) is 2. The molecule has 0 bridgehead atoms. The molecule has 0 spiro atoms. The smallest absolute Gasteiger partial charge is 0.185 e. The lowest BCUT2D eigenvalue weighted by atomic mass is 10.1. The zero-order valence-corrected chi connectivity index (χ0v) is 15.3. The first-order chi connectivity index (χ1) is 12.1. The SMILES string of the molecule is CCOc1cc(OCC)c(C=CC(=O)c2ccc(NC)cc2)cc1C. The molecule has 1 N–H and O–H groups in total. The predicted molar refractivity (Wildman–Crippen MR) is 103 cm³/mol. The lowest BCUT2D eigenvalue weighted by Crippen LogP contribution is -1.99. The fourth-order valence-corrected chi connectivity index (χ4v) is 2.48. The van der Waals surface area contributed by atoms with Crippen LogP contribution in [0.5, 0.6) is 11.5 Å². The molecule has 0 aliphatic carbocycles. The molecule has 0 saturated heterocycles. The van der Waals surface area contributed by atoms with Gasteiger partial charge in [0.15, 0.2) is 5.78 Å². The van der Waals surface area contributed by atoms with Crippen LogP contribution in [-0.2, 0) is 0 Å². The Morgan fingerprint density at radius 1 is 1.04 bits per heavy atom. The molecule has 0 aromatic heterocycles. The first-order valence-corrected chi connectivity index (χ1v) is 8.49. The molecular formula is C21H25NO3. The van der Waals surface area contributed by atoms with E-state index in [4.69, 9.17) is 9.47 Å². The number of hydrogen-bond acceptors (Lipinski definition) is 4. The number of nitrogens with one attached hydrogen (secondary N) is 1. The maximum Gasteiger partial charge on any atom is 0.185 e. The van der Waals surface area contributed by atoms with Gasteiger partial charge in [0.05, 0.1) is 13.2 Å². The minimum absolute atomic E-state index is 0.0448. The number of ketones is 1. The van der Waals surface area contributed by atoms with Crippen LogP contribution in [-0.4, -0.2) is 26.0 Å². The highest BCUT2D eigenvalue weighted by Crippen LogP contribution is 2.30. The second kappa shape index (κ2) is 8.92. The average molecular weight is 339 g/mol. The highest BCUT2D eigenvalue weighted by molar-refractivity contribution is 6.07. The van der Waals surface area contributed by atoms with Gasteiger partial charge in [0.25, 0.3) is 0 Å². The van der Waals surface area contributed by atoms with Crippen molar-refractivity contribution in [3.05, 3.63) is 59.2 Å². The zero-order chi connectivity index (χ0) is 18.2. The van der Waals surface area contributed by atoms with E-state index < -0.39 is 0 Å². The minimum Gasteiger partial charge on any atom is -0.493 e. The topological polar surface area (TPSA) is 47.6 Å². The number of anilines is 1. The average Bonchev–Trinajstić information content (AvgIpc) is 2.63. The quantitative estimate of drug-likeness (QED) is 0.558. The van der Waals surface area contributed by atoms with Crippen LogP contribution in [0.3, 0.4) is 0 Å². The van der Waals surface area contributed by atoms with E-state index in [0.29, 0.717) is 24.5 Å². The summed E-state index contributed by atoms with van der Waals surface area (Å²) >= 11 is 0. The molecule has 0 heterocycles. The van der Waals surface area contributed by atoms with Crippen LogP contribution < -0.4 is 14.8 Å².